The predicted molar refractivity (Wildman–Crippen MR) is 49.0 cm³/mol. The zero-order valence-electron chi connectivity index (χ0n) is 7.50. The minimum atomic E-state index is -0.205. The third-order valence-corrected chi connectivity index (χ3v) is 1.51. The fourth-order valence-electron chi connectivity index (χ4n) is 1.03. The first kappa shape index (κ1) is 9.38. The second-order valence-corrected chi connectivity index (χ2v) is 2.54. The largest absolute Gasteiger partial charge is 0.504 e. The van der Waals surface area contributed by atoms with Gasteiger partial charge in [-0.2, -0.15) is 0 Å². The molecular weight excluding hydrogens is 170 g/mol. The summed E-state index contributed by atoms with van der Waals surface area (Å²) in [6.45, 7) is 1.39. The first-order valence-electron chi connectivity index (χ1n) is 3.78. The van der Waals surface area contributed by atoms with Gasteiger partial charge in [0.15, 0.2) is 11.5 Å². The molecule has 2 N–H and O–H groups in total. The number of para-hydroxylation sites is 1. The average Bonchev–Trinajstić information content (AvgIpc) is 2.03. The molecule has 0 bridgehead atoms. The number of amides is 1. The SMILES string of the molecule is COc1c(O)cccc1NC(C)=O. The number of benzene rings is 1. The maximum absolute atomic E-state index is 10.7. The van der Waals surface area contributed by atoms with Crippen molar-refractivity contribution in [3.8, 4) is 11.5 Å². The van der Waals surface area contributed by atoms with Gasteiger partial charge in [-0.1, -0.05) is 6.07 Å². The summed E-state index contributed by atoms with van der Waals surface area (Å²) < 4.78 is 4.91. The van der Waals surface area contributed by atoms with E-state index in [0.717, 1.165) is 0 Å². The fourth-order valence-corrected chi connectivity index (χ4v) is 1.03. The summed E-state index contributed by atoms with van der Waals surface area (Å²) in [4.78, 5) is 10.7. The maximum atomic E-state index is 10.7. The van der Waals surface area contributed by atoms with E-state index < -0.39 is 0 Å². The summed E-state index contributed by atoms with van der Waals surface area (Å²) in [5.41, 5.74) is 0.468. The van der Waals surface area contributed by atoms with Crippen LogP contribution in [0.1, 0.15) is 6.92 Å². The molecule has 0 aliphatic rings. The van der Waals surface area contributed by atoms with Crippen LogP contribution in [0.3, 0.4) is 0 Å². The third-order valence-electron chi connectivity index (χ3n) is 1.51. The van der Waals surface area contributed by atoms with Gasteiger partial charge >= 0.3 is 0 Å². The first-order chi connectivity index (χ1) is 6.15. The third kappa shape index (κ3) is 2.11. The highest BCUT2D eigenvalue weighted by atomic mass is 16.5. The normalized spacial score (nSPS) is 9.38. The van der Waals surface area contributed by atoms with Gasteiger partial charge in [0.1, 0.15) is 0 Å². The molecule has 1 rings (SSSR count). The summed E-state index contributed by atoms with van der Waals surface area (Å²) in [5, 5.41) is 11.9. The van der Waals surface area contributed by atoms with E-state index in [0.29, 0.717) is 5.69 Å². The molecule has 0 saturated heterocycles. The van der Waals surface area contributed by atoms with E-state index in [1.807, 2.05) is 0 Å². The van der Waals surface area contributed by atoms with Crippen molar-refractivity contribution in [2.75, 3.05) is 12.4 Å². The van der Waals surface area contributed by atoms with Crippen LogP contribution in [0, 0.1) is 0 Å². The van der Waals surface area contributed by atoms with Gasteiger partial charge in [0.05, 0.1) is 12.8 Å². The lowest BCUT2D eigenvalue weighted by Gasteiger charge is -2.09. The lowest BCUT2D eigenvalue weighted by Crippen LogP contribution is -2.06. The Morgan fingerprint density at radius 3 is 2.77 bits per heavy atom. The number of anilines is 1. The topological polar surface area (TPSA) is 58.6 Å². The van der Waals surface area contributed by atoms with Gasteiger partial charge in [-0.15, -0.1) is 0 Å². The number of hydrogen-bond donors (Lipinski definition) is 2. The van der Waals surface area contributed by atoms with Crippen molar-refractivity contribution in [1.82, 2.24) is 0 Å². The standard InChI is InChI=1S/C9H11NO3/c1-6(11)10-7-4-3-5-8(12)9(7)13-2/h3-5,12H,1-2H3,(H,10,11). The second kappa shape index (κ2) is 3.80. The molecule has 0 aliphatic carbocycles. The Hall–Kier alpha value is -1.71. The molecule has 1 aromatic carbocycles. The zero-order chi connectivity index (χ0) is 9.84. The maximum Gasteiger partial charge on any atom is 0.221 e. The molecule has 0 atom stereocenters. The number of hydrogen-bond acceptors (Lipinski definition) is 3. The summed E-state index contributed by atoms with van der Waals surface area (Å²) in [7, 11) is 1.43. The fraction of sp³-hybridized carbons (Fsp3) is 0.222. The Kier molecular flexibility index (Phi) is 2.74. The highest BCUT2D eigenvalue weighted by Gasteiger charge is 2.07. The molecule has 0 aromatic heterocycles. The van der Waals surface area contributed by atoms with Gasteiger partial charge in [-0.05, 0) is 12.1 Å². The van der Waals surface area contributed by atoms with E-state index in [1.165, 1.54) is 20.1 Å². The van der Waals surface area contributed by atoms with E-state index in [9.17, 15) is 9.90 Å². The van der Waals surface area contributed by atoms with Crippen LogP contribution in [0.15, 0.2) is 18.2 Å². The van der Waals surface area contributed by atoms with Crippen LogP contribution in [0.5, 0.6) is 11.5 Å². The number of phenolic OH excluding ortho intramolecular Hbond substituents is 1. The Morgan fingerprint density at radius 2 is 2.23 bits per heavy atom. The Bertz CT molecular complexity index is 323. The summed E-state index contributed by atoms with van der Waals surface area (Å²) in [6, 6.07) is 4.77. The molecule has 70 valence electrons. The molecule has 13 heavy (non-hydrogen) atoms. The molecule has 0 aliphatic heterocycles. The molecule has 1 amide bonds. The summed E-state index contributed by atoms with van der Waals surface area (Å²) in [6.07, 6.45) is 0. The molecular formula is C9H11NO3. The van der Waals surface area contributed by atoms with Gasteiger partial charge in [0.25, 0.3) is 0 Å². The molecule has 0 heterocycles. The molecule has 0 saturated carbocycles. The van der Waals surface area contributed by atoms with Gasteiger partial charge in [-0.3, -0.25) is 4.79 Å². The lowest BCUT2D eigenvalue weighted by atomic mass is 10.2. The van der Waals surface area contributed by atoms with E-state index in [4.69, 9.17) is 4.74 Å². The van der Waals surface area contributed by atoms with Crippen molar-refractivity contribution in [3.63, 3.8) is 0 Å². The number of aromatic hydroxyl groups is 1. The van der Waals surface area contributed by atoms with E-state index >= 15 is 0 Å². The number of phenols is 1. The Balaban J connectivity index is 3.05. The molecule has 0 fully saturated rings. The number of methoxy groups -OCH3 is 1. The monoisotopic (exact) mass is 181 g/mol. The average molecular weight is 181 g/mol. The van der Waals surface area contributed by atoms with Crippen LogP contribution in [0.25, 0.3) is 0 Å². The van der Waals surface area contributed by atoms with Gasteiger partial charge in [0, 0.05) is 6.92 Å². The Morgan fingerprint density at radius 1 is 1.54 bits per heavy atom. The van der Waals surface area contributed by atoms with E-state index in [2.05, 4.69) is 5.32 Å². The van der Waals surface area contributed by atoms with Crippen LogP contribution in [-0.4, -0.2) is 18.1 Å². The number of carbonyl (C=O) groups is 1. The molecule has 4 nitrogen and oxygen atoms in total. The van der Waals surface area contributed by atoms with Gasteiger partial charge < -0.3 is 15.2 Å². The number of carbonyl (C=O) groups excluding carboxylic acids is 1. The lowest BCUT2D eigenvalue weighted by molar-refractivity contribution is -0.114. The van der Waals surface area contributed by atoms with Crippen LogP contribution in [-0.2, 0) is 4.79 Å². The smallest absolute Gasteiger partial charge is 0.221 e. The molecule has 4 heteroatoms. The minimum absolute atomic E-state index is 0.00810. The van der Waals surface area contributed by atoms with Crippen molar-refractivity contribution in [3.05, 3.63) is 18.2 Å². The molecule has 0 unspecified atom stereocenters. The predicted octanol–water partition coefficient (Wildman–Crippen LogP) is 1.36. The highest BCUT2D eigenvalue weighted by Crippen LogP contribution is 2.33. The number of ether oxygens (including phenoxy) is 1. The quantitative estimate of drug-likeness (QED) is 0.724. The van der Waals surface area contributed by atoms with E-state index in [1.54, 1.807) is 12.1 Å². The van der Waals surface area contributed by atoms with Crippen molar-refractivity contribution >= 4 is 11.6 Å². The van der Waals surface area contributed by atoms with Crippen molar-refractivity contribution < 1.29 is 14.6 Å². The van der Waals surface area contributed by atoms with Crippen LogP contribution >= 0.6 is 0 Å². The molecule has 0 spiro atoms. The molecule has 1 aromatic rings. The zero-order valence-corrected chi connectivity index (χ0v) is 7.50. The van der Waals surface area contributed by atoms with Crippen molar-refractivity contribution in [2.45, 2.75) is 6.92 Å². The van der Waals surface area contributed by atoms with Gasteiger partial charge in [0.2, 0.25) is 5.91 Å². The first-order valence-corrected chi connectivity index (χ1v) is 3.78. The van der Waals surface area contributed by atoms with Crippen LogP contribution < -0.4 is 10.1 Å². The highest BCUT2D eigenvalue weighted by molar-refractivity contribution is 5.91. The van der Waals surface area contributed by atoms with Crippen molar-refractivity contribution in [2.24, 2.45) is 0 Å². The Labute approximate surface area is 76.1 Å². The number of rotatable bonds is 2. The second-order valence-electron chi connectivity index (χ2n) is 2.54. The minimum Gasteiger partial charge on any atom is -0.504 e. The summed E-state index contributed by atoms with van der Waals surface area (Å²) in [5.74, 6) is 0.0790. The summed E-state index contributed by atoms with van der Waals surface area (Å²) >= 11 is 0. The molecule has 0 radical (unpaired) electrons. The van der Waals surface area contributed by atoms with E-state index in [-0.39, 0.29) is 17.4 Å². The van der Waals surface area contributed by atoms with Crippen LogP contribution in [0.2, 0.25) is 0 Å². The van der Waals surface area contributed by atoms with Gasteiger partial charge in [-0.25, -0.2) is 0 Å². The van der Waals surface area contributed by atoms with Crippen LogP contribution in [0.4, 0.5) is 5.69 Å². The number of nitrogens with one attached hydrogen (secondary N) is 1. The van der Waals surface area contributed by atoms with Crippen molar-refractivity contribution in [1.29, 1.82) is 0 Å².